The summed E-state index contributed by atoms with van der Waals surface area (Å²) in [4.78, 5) is 13.5. The molecule has 2 heterocycles. The minimum absolute atomic E-state index is 0.276. The molecule has 24 heavy (non-hydrogen) atoms. The quantitative estimate of drug-likeness (QED) is 0.864. The van der Waals surface area contributed by atoms with Gasteiger partial charge in [0.25, 0.3) is 0 Å². The van der Waals surface area contributed by atoms with Gasteiger partial charge in [-0.25, -0.2) is 13.9 Å². The zero-order chi connectivity index (χ0) is 16.9. The highest BCUT2D eigenvalue weighted by Crippen LogP contribution is 2.21. The molecule has 0 atom stereocenters. The molecule has 2 aromatic rings. The number of halogens is 1. The van der Waals surface area contributed by atoms with E-state index in [0.717, 1.165) is 23.4 Å². The number of nitrogens with zero attached hydrogens (tertiary/aromatic N) is 4. The SMILES string of the molecule is CCCOC(=O)N1CC=C(c2cn(-c3ccc(F)cc3)nn2)CC1. The normalized spacial score (nSPS) is 14.4. The zero-order valence-electron chi connectivity index (χ0n) is 13.5. The summed E-state index contributed by atoms with van der Waals surface area (Å²) in [5.74, 6) is -0.288. The summed E-state index contributed by atoms with van der Waals surface area (Å²) in [6.07, 6.45) is 5.01. The van der Waals surface area contributed by atoms with E-state index >= 15 is 0 Å². The topological polar surface area (TPSA) is 60.2 Å². The molecule has 0 aliphatic carbocycles. The average molecular weight is 330 g/mol. The van der Waals surface area contributed by atoms with Crippen LogP contribution in [0.25, 0.3) is 11.3 Å². The maximum absolute atomic E-state index is 13.0. The first-order chi connectivity index (χ1) is 11.7. The highest BCUT2D eigenvalue weighted by atomic mass is 19.1. The summed E-state index contributed by atoms with van der Waals surface area (Å²) in [5, 5.41) is 8.26. The number of hydrogen-bond acceptors (Lipinski definition) is 4. The van der Waals surface area contributed by atoms with E-state index in [4.69, 9.17) is 4.74 Å². The Morgan fingerprint density at radius 3 is 2.79 bits per heavy atom. The Morgan fingerprint density at radius 2 is 2.12 bits per heavy atom. The molecule has 0 saturated carbocycles. The number of carbonyl (C=O) groups is 1. The van der Waals surface area contributed by atoms with Gasteiger partial charge in [0.05, 0.1) is 18.5 Å². The van der Waals surface area contributed by atoms with Gasteiger partial charge in [0.2, 0.25) is 0 Å². The molecule has 1 aromatic carbocycles. The molecule has 0 saturated heterocycles. The van der Waals surface area contributed by atoms with Crippen LogP contribution in [0.3, 0.4) is 0 Å². The van der Waals surface area contributed by atoms with Crippen molar-refractivity contribution in [3.63, 3.8) is 0 Å². The van der Waals surface area contributed by atoms with Crippen LogP contribution in [-0.4, -0.2) is 45.7 Å². The van der Waals surface area contributed by atoms with Crippen LogP contribution in [-0.2, 0) is 4.74 Å². The van der Waals surface area contributed by atoms with Crippen LogP contribution in [0, 0.1) is 5.82 Å². The van der Waals surface area contributed by atoms with Crippen molar-refractivity contribution in [2.75, 3.05) is 19.7 Å². The van der Waals surface area contributed by atoms with Crippen LogP contribution >= 0.6 is 0 Å². The Hall–Kier alpha value is -2.70. The molecule has 6 nitrogen and oxygen atoms in total. The number of ether oxygens (including phenoxy) is 1. The summed E-state index contributed by atoms with van der Waals surface area (Å²) in [6, 6.07) is 6.07. The van der Waals surface area contributed by atoms with Crippen LogP contribution in [0.2, 0.25) is 0 Å². The smallest absolute Gasteiger partial charge is 0.410 e. The van der Waals surface area contributed by atoms with Gasteiger partial charge in [0, 0.05) is 13.1 Å². The Balaban J connectivity index is 1.67. The van der Waals surface area contributed by atoms with Crippen LogP contribution in [0.15, 0.2) is 36.5 Å². The van der Waals surface area contributed by atoms with E-state index in [0.29, 0.717) is 26.1 Å². The van der Waals surface area contributed by atoms with E-state index in [9.17, 15) is 9.18 Å². The molecule has 1 aliphatic heterocycles. The Morgan fingerprint density at radius 1 is 1.33 bits per heavy atom. The van der Waals surface area contributed by atoms with Gasteiger partial charge in [-0.2, -0.15) is 0 Å². The van der Waals surface area contributed by atoms with Gasteiger partial charge < -0.3 is 9.64 Å². The third-order valence-corrected chi connectivity index (χ3v) is 3.81. The Labute approximate surface area is 139 Å². The molecule has 7 heteroatoms. The van der Waals surface area contributed by atoms with Crippen LogP contribution in [0.1, 0.15) is 25.5 Å². The van der Waals surface area contributed by atoms with Crippen LogP contribution in [0.4, 0.5) is 9.18 Å². The summed E-state index contributed by atoms with van der Waals surface area (Å²) in [5.41, 5.74) is 2.56. The van der Waals surface area contributed by atoms with Crippen molar-refractivity contribution in [3.05, 3.63) is 48.0 Å². The second kappa shape index (κ2) is 7.25. The third kappa shape index (κ3) is 3.61. The zero-order valence-corrected chi connectivity index (χ0v) is 13.5. The molecule has 0 spiro atoms. The second-order valence-corrected chi connectivity index (χ2v) is 5.56. The molecule has 0 N–H and O–H groups in total. The first-order valence-corrected chi connectivity index (χ1v) is 7.97. The number of benzene rings is 1. The standard InChI is InChI=1S/C17H19FN4O2/c1-2-11-24-17(23)21-9-7-13(8-10-21)16-12-22(20-19-16)15-5-3-14(18)4-6-15/h3-7,12H,2,8-11H2,1H3. The molecule has 126 valence electrons. The van der Waals surface area contributed by atoms with Crippen LogP contribution < -0.4 is 0 Å². The van der Waals surface area contributed by atoms with Gasteiger partial charge in [0.15, 0.2) is 0 Å². The molecule has 1 aromatic heterocycles. The molecular formula is C17H19FN4O2. The Bertz CT molecular complexity index is 739. The highest BCUT2D eigenvalue weighted by molar-refractivity contribution is 5.71. The summed E-state index contributed by atoms with van der Waals surface area (Å²) < 4.78 is 19.7. The van der Waals surface area contributed by atoms with Crippen molar-refractivity contribution in [1.29, 1.82) is 0 Å². The van der Waals surface area contributed by atoms with Crippen molar-refractivity contribution < 1.29 is 13.9 Å². The van der Waals surface area contributed by atoms with E-state index in [-0.39, 0.29) is 11.9 Å². The summed E-state index contributed by atoms with van der Waals surface area (Å²) in [7, 11) is 0. The minimum Gasteiger partial charge on any atom is -0.449 e. The van der Waals surface area contributed by atoms with E-state index in [1.54, 1.807) is 21.7 Å². The number of amides is 1. The van der Waals surface area contributed by atoms with Gasteiger partial charge >= 0.3 is 6.09 Å². The molecule has 3 rings (SSSR count). The van der Waals surface area contributed by atoms with Crippen molar-refractivity contribution >= 4 is 11.7 Å². The maximum Gasteiger partial charge on any atom is 0.410 e. The predicted octanol–water partition coefficient (Wildman–Crippen LogP) is 3.04. The number of aromatic nitrogens is 3. The molecule has 1 amide bonds. The minimum atomic E-state index is -0.288. The van der Waals surface area contributed by atoms with E-state index < -0.39 is 0 Å². The van der Waals surface area contributed by atoms with E-state index in [1.165, 1.54) is 12.1 Å². The molecular weight excluding hydrogens is 311 g/mol. The number of carbonyl (C=O) groups excluding carboxylic acids is 1. The van der Waals surface area contributed by atoms with Gasteiger partial charge in [-0.05, 0) is 42.7 Å². The van der Waals surface area contributed by atoms with Gasteiger partial charge in [0.1, 0.15) is 11.5 Å². The fraction of sp³-hybridized carbons (Fsp3) is 0.353. The fourth-order valence-corrected chi connectivity index (χ4v) is 2.48. The molecule has 0 bridgehead atoms. The van der Waals surface area contributed by atoms with Gasteiger partial charge in [-0.15, -0.1) is 5.10 Å². The Kier molecular flexibility index (Phi) is 4.88. The van der Waals surface area contributed by atoms with E-state index in [2.05, 4.69) is 10.3 Å². The summed E-state index contributed by atoms with van der Waals surface area (Å²) >= 11 is 0. The van der Waals surface area contributed by atoms with E-state index in [1.807, 2.05) is 19.2 Å². The number of hydrogen-bond donors (Lipinski definition) is 0. The van der Waals surface area contributed by atoms with Crippen molar-refractivity contribution in [3.8, 4) is 5.69 Å². The second-order valence-electron chi connectivity index (χ2n) is 5.56. The van der Waals surface area contributed by atoms with Crippen molar-refractivity contribution in [2.45, 2.75) is 19.8 Å². The third-order valence-electron chi connectivity index (χ3n) is 3.81. The highest BCUT2D eigenvalue weighted by Gasteiger charge is 2.20. The lowest BCUT2D eigenvalue weighted by Crippen LogP contribution is -2.35. The molecule has 0 unspecified atom stereocenters. The number of rotatable bonds is 4. The largest absolute Gasteiger partial charge is 0.449 e. The van der Waals surface area contributed by atoms with Crippen molar-refractivity contribution in [1.82, 2.24) is 19.9 Å². The van der Waals surface area contributed by atoms with Gasteiger partial charge in [-0.3, -0.25) is 0 Å². The summed E-state index contributed by atoms with van der Waals surface area (Å²) in [6.45, 7) is 3.50. The van der Waals surface area contributed by atoms with Crippen molar-refractivity contribution in [2.24, 2.45) is 0 Å². The monoisotopic (exact) mass is 330 g/mol. The van der Waals surface area contributed by atoms with Crippen LogP contribution in [0.5, 0.6) is 0 Å². The maximum atomic E-state index is 13.0. The van der Waals surface area contributed by atoms with Gasteiger partial charge in [-0.1, -0.05) is 18.2 Å². The lowest BCUT2D eigenvalue weighted by atomic mass is 10.1. The average Bonchev–Trinajstić information content (AvgIpc) is 3.10. The first kappa shape index (κ1) is 16.2. The lowest BCUT2D eigenvalue weighted by Gasteiger charge is -2.25. The predicted molar refractivity (Wildman–Crippen MR) is 87.1 cm³/mol. The lowest BCUT2D eigenvalue weighted by molar-refractivity contribution is 0.106. The molecule has 0 fully saturated rings. The fourth-order valence-electron chi connectivity index (χ4n) is 2.48. The first-order valence-electron chi connectivity index (χ1n) is 7.97. The molecule has 1 aliphatic rings. The molecule has 0 radical (unpaired) electrons.